The fourth-order valence-electron chi connectivity index (χ4n) is 1.00. The molecule has 14 heavy (non-hydrogen) atoms. The van der Waals surface area contributed by atoms with E-state index in [2.05, 4.69) is 10.1 Å². The van der Waals surface area contributed by atoms with Crippen LogP contribution in [0.1, 0.15) is 10.4 Å². The van der Waals surface area contributed by atoms with Crippen molar-refractivity contribution in [3.05, 3.63) is 30.0 Å². The Labute approximate surface area is 89.7 Å². The topological polar surface area (TPSA) is 67.5 Å². The van der Waals surface area contributed by atoms with E-state index in [1.807, 2.05) is 0 Å². The molecule has 0 radical (unpaired) electrons. The molecule has 2 heterocycles. The summed E-state index contributed by atoms with van der Waals surface area (Å²) in [5, 5.41) is 12.3. The number of aromatic carboxylic acids is 1. The number of carbonyl (C=O) groups is 1. The number of aromatic nitrogens is 3. The van der Waals surface area contributed by atoms with Crippen LogP contribution in [0.15, 0.2) is 18.6 Å². The average Bonchev–Trinajstić information content (AvgIpc) is 2.46. The molecule has 0 unspecified atom stereocenters. The predicted molar refractivity (Wildman–Crippen MR) is 47.1 cm³/mol. The molecule has 0 amide bonds. The average molecular weight is 189 g/mol. The number of hydrogen-bond donors (Lipinski definition) is 1. The summed E-state index contributed by atoms with van der Waals surface area (Å²) in [6.45, 7) is 0. The van der Waals surface area contributed by atoms with Crippen molar-refractivity contribution in [2.75, 3.05) is 0 Å². The van der Waals surface area contributed by atoms with Gasteiger partial charge in [-0.3, -0.25) is 0 Å². The van der Waals surface area contributed by atoms with Gasteiger partial charge in [0.25, 0.3) is 0 Å². The Bertz CT molecular complexity index is 485. The maximum atomic E-state index is 12.6. The molecule has 0 saturated carbocycles. The number of halogens is 1. The second-order valence-electron chi connectivity index (χ2n) is 2.40. The second-order valence-corrected chi connectivity index (χ2v) is 2.40. The molecule has 0 atom stereocenters. The van der Waals surface area contributed by atoms with Gasteiger partial charge in [-0.05, 0) is 0 Å². The summed E-state index contributed by atoms with van der Waals surface area (Å²) < 4.78 is 13.7. The van der Waals surface area contributed by atoms with Crippen LogP contribution < -0.4 is 0 Å². The minimum atomic E-state index is -1.13. The molecule has 0 bridgehead atoms. The van der Waals surface area contributed by atoms with Gasteiger partial charge in [-0.25, -0.2) is 18.7 Å². The van der Waals surface area contributed by atoms with Gasteiger partial charge < -0.3 is 5.11 Å². The molecule has 0 saturated heterocycles. The molecule has 0 aliphatic rings. The van der Waals surface area contributed by atoms with E-state index in [0.717, 1.165) is 23.1 Å². The standard InChI is InChI=1S/C7H4FN3O2.Li.H/c8-4-1-9-6-5(7(12)13)2-10-11(6)3-4;;/h1-3H,(H,12,13);;. The van der Waals surface area contributed by atoms with Crippen LogP contribution in [-0.2, 0) is 0 Å². The Kier molecular flexibility index (Phi) is 2.89. The summed E-state index contributed by atoms with van der Waals surface area (Å²) in [6.07, 6.45) is 3.14. The van der Waals surface area contributed by atoms with Crippen LogP contribution in [0.4, 0.5) is 4.39 Å². The summed E-state index contributed by atoms with van der Waals surface area (Å²) in [7, 11) is 0. The third-order valence-corrected chi connectivity index (χ3v) is 1.56. The summed E-state index contributed by atoms with van der Waals surface area (Å²) >= 11 is 0. The predicted octanol–water partition coefficient (Wildman–Crippen LogP) is -0.0819. The van der Waals surface area contributed by atoms with E-state index in [1.54, 1.807) is 0 Å². The molecule has 0 spiro atoms. The fourth-order valence-corrected chi connectivity index (χ4v) is 1.00. The zero-order chi connectivity index (χ0) is 9.42. The van der Waals surface area contributed by atoms with Gasteiger partial charge in [0, 0.05) is 0 Å². The number of carboxylic acid groups (broad SMARTS) is 1. The summed E-state index contributed by atoms with van der Waals surface area (Å²) in [6, 6.07) is 0. The summed E-state index contributed by atoms with van der Waals surface area (Å²) in [5.74, 6) is -1.69. The van der Waals surface area contributed by atoms with Gasteiger partial charge >= 0.3 is 24.8 Å². The van der Waals surface area contributed by atoms with E-state index in [9.17, 15) is 9.18 Å². The molecule has 2 aromatic heterocycles. The molecule has 5 nitrogen and oxygen atoms in total. The Balaban J connectivity index is 0.000000980. The molecule has 0 aliphatic carbocycles. The van der Waals surface area contributed by atoms with E-state index < -0.39 is 11.8 Å². The molecular weight excluding hydrogens is 184 g/mol. The van der Waals surface area contributed by atoms with Crippen LogP contribution in [0.3, 0.4) is 0 Å². The Morgan fingerprint density at radius 2 is 2.21 bits per heavy atom. The second kappa shape index (κ2) is 3.78. The van der Waals surface area contributed by atoms with E-state index in [1.165, 1.54) is 0 Å². The van der Waals surface area contributed by atoms with Crippen molar-refractivity contribution in [1.82, 2.24) is 14.6 Å². The van der Waals surface area contributed by atoms with Crippen molar-refractivity contribution in [1.29, 1.82) is 0 Å². The first kappa shape index (κ1) is 10.7. The van der Waals surface area contributed by atoms with Crippen LogP contribution in [0.5, 0.6) is 0 Å². The number of fused-ring (bicyclic) bond motifs is 1. The maximum absolute atomic E-state index is 12.6. The van der Waals surface area contributed by atoms with Gasteiger partial charge in [-0.2, -0.15) is 5.10 Å². The van der Waals surface area contributed by atoms with Crippen LogP contribution in [0.2, 0.25) is 0 Å². The van der Waals surface area contributed by atoms with Crippen molar-refractivity contribution in [2.45, 2.75) is 0 Å². The third kappa shape index (κ3) is 1.62. The number of nitrogens with zero attached hydrogens (tertiary/aromatic N) is 3. The normalized spacial score (nSPS) is 9.79. The van der Waals surface area contributed by atoms with Crippen LogP contribution in [0.25, 0.3) is 5.65 Å². The quantitative estimate of drug-likeness (QED) is 0.637. The van der Waals surface area contributed by atoms with E-state index in [4.69, 9.17) is 5.11 Å². The Morgan fingerprint density at radius 3 is 2.86 bits per heavy atom. The molecule has 0 fully saturated rings. The van der Waals surface area contributed by atoms with Crippen molar-refractivity contribution in [3.8, 4) is 0 Å². The van der Waals surface area contributed by atoms with Gasteiger partial charge in [-0.15, -0.1) is 0 Å². The first-order valence-corrected chi connectivity index (χ1v) is 3.40. The summed E-state index contributed by atoms with van der Waals surface area (Å²) in [4.78, 5) is 14.2. The molecule has 68 valence electrons. The number of carboxylic acids is 1. The first-order chi connectivity index (χ1) is 6.18. The van der Waals surface area contributed by atoms with Crippen molar-refractivity contribution in [3.63, 3.8) is 0 Å². The van der Waals surface area contributed by atoms with Crippen molar-refractivity contribution in [2.24, 2.45) is 0 Å². The van der Waals surface area contributed by atoms with E-state index >= 15 is 0 Å². The molecule has 0 aromatic carbocycles. The molecule has 7 heteroatoms. The van der Waals surface area contributed by atoms with Gasteiger partial charge in [-0.1, -0.05) is 0 Å². The Hall–Kier alpha value is -1.38. The summed E-state index contributed by atoms with van der Waals surface area (Å²) in [5.41, 5.74) is 0.0916. The zero-order valence-electron chi connectivity index (χ0n) is 6.31. The van der Waals surface area contributed by atoms with Crippen LogP contribution in [0, 0.1) is 5.82 Å². The van der Waals surface area contributed by atoms with Crippen molar-refractivity contribution < 1.29 is 14.3 Å². The van der Waals surface area contributed by atoms with Gasteiger partial charge in [0.15, 0.2) is 11.5 Å². The van der Waals surface area contributed by atoms with Crippen LogP contribution >= 0.6 is 0 Å². The monoisotopic (exact) mass is 189 g/mol. The number of rotatable bonds is 1. The zero-order valence-corrected chi connectivity index (χ0v) is 6.31. The molecule has 0 aliphatic heterocycles. The fraction of sp³-hybridized carbons (Fsp3) is 0. The number of hydrogen-bond acceptors (Lipinski definition) is 3. The molecule has 2 aromatic rings. The third-order valence-electron chi connectivity index (χ3n) is 1.56. The van der Waals surface area contributed by atoms with Gasteiger partial charge in [0.05, 0.1) is 18.6 Å². The first-order valence-electron chi connectivity index (χ1n) is 3.40. The minimum absolute atomic E-state index is 0. The molecular formula is C7H5FLiN3O2. The van der Waals surface area contributed by atoms with Crippen LogP contribution in [-0.4, -0.2) is 44.5 Å². The van der Waals surface area contributed by atoms with E-state index in [-0.39, 0.29) is 30.1 Å². The molecule has 2 rings (SSSR count). The van der Waals surface area contributed by atoms with Gasteiger partial charge in [0.2, 0.25) is 0 Å². The van der Waals surface area contributed by atoms with Gasteiger partial charge in [0.1, 0.15) is 5.56 Å². The SMILES string of the molecule is O=C(O)c1cnn2cc(F)cnc12.[LiH]. The van der Waals surface area contributed by atoms with Crippen molar-refractivity contribution >= 4 is 30.5 Å². The van der Waals surface area contributed by atoms with E-state index in [0.29, 0.717) is 0 Å². The molecule has 1 N–H and O–H groups in total. The Morgan fingerprint density at radius 1 is 1.50 bits per heavy atom.